The average molecular weight is 466 g/mol. The van der Waals surface area contributed by atoms with E-state index in [0.29, 0.717) is 12.8 Å². The van der Waals surface area contributed by atoms with Crippen molar-refractivity contribution in [1.82, 2.24) is 9.13 Å². The summed E-state index contributed by atoms with van der Waals surface area (Å²) in [6, 6.07) is 10.6. The molecule has 1 fully saturated rings. The van der Waals surface area contributed by atoms with Crippen LogP contribution in [0, 0.1) is 0 Å². The van der Waals surface area contributed by atoms with Crippen LogP contribution in [0.25, 0.3) is 5.69 Å². The number of aromatic nitrogens is 2. The van der Waals surface area contributed by atoms with Crippen LogP contribution in [0.15, 0.2) is 63.1 Å². The van der Waals surface area contributed by atoms with Crippen molar-refractivity contribution in [3.8, 4) is 17.4 Å². The third kappa shape index (κ3) is 3.79. The first-order valence-electron chi connectivity index (χ1n) is 9.18. The van der Waals surface area contributed by atoms with E-state index in [4.69, 9.17) is 0 Å². The minimum Gasteiger partial charge on any atom is -0.491 e. The Hall–Kier alpha value is -3.25. The van der Waals surface area contributed by atoms with E-state index in [0.717, 1.165) is 15.4 Å². The molecule has 3 N–H and O–H groups in total. The van der Waals surface area contributed by atoms with E-state index in [1.165, 1.54) is 48.5 Å². The Morgan fingerprint density at radius 2 is 1.58 bits per heavy atom. The predicted molar refractivity (Wildman–Crippen MR) is 112 cm³/mol. The number of rotatable bonds is 6. The Morgan fingerprint density at radius 3 is 2.19 bits per heavy atom. The number of aromatic hydroxyl groups is 2. The molecule has 12 heteroatoms. The molecule has 1 aromatic heterocycles. The first-order valence-corrected chi connectivity index (χ1v) is 12.6. The molecular weight excluding hydrogens is 446 g/mol. The summed E-state index contributed by atoms with van der Waals surface area (Å²) in [5.74, 6) is -1.21. The zero-order valence-electron chi connectivity index (χ0n) is 16.3. The van der Waals surface area contributed by atoms with Crippen molar-refractivity contribution in [3.05, 3.63) is 59.0 Å². The lowest BCUT2D eigenvalue weighted by molar-refractivity contribution is 0.363. The van der Waals surface area contributed by atoms with Gasteiger partial charge in [-0.25, -0.2) is 26.2 Å². The van der Waals surface area contributed by atoms with Gasteiger partial charge in [0.1, 0.15) is 4.90 Å². The summed E-state index contributed by atoms with van der Waals surface area (Å²) in [7, 11) is -8.09. The molecule has 0 unspecified atom stereocenters. The van der Waals surface area contributed by atoms with Gasteiger partial charge in [0, 0.05) is 12.3 Å². The maximum absolute atomic E-state index is 12.9. The molecule has 2 aromatic carbocycles. The second-order valence-corrected chi connectivity index (χ2v) is 10.9. The van der Waals surface area contributed by atoms with Gasteiger partial charge in [0.15, 0.2) is 9.84 Å². The number of hydrogen-bond acceptors (Lipinski definition) is 7. The van der Waals surface area contributed by atoms with E-state index in [9.17, 15) is 31.8 Å². The van der Waals surface area contributed by atoms with E-state index in [2.05, 4.69) is 4.72 Å². The summed E-state index contributed by atoms with van der Waals surface area (Å²) in [6.07, 6.45) is 2.32. The summed E-state index contributed by atoms with van der Waals surface area (Å²) in [5.41, 5.74) is -0.500. The molecule has 0 atom stereocenters. The SMILES string of the molecule is CS(=O)(=O)c1ccccc1S(=O)(=O)Nc1cccc(-n2c(O)c(O)n(C3CC3)c2=O)c1. The molecule has 3 aromatic rings. The fourth-order valence-electron chi connectivity index (χ4n) is 3.29. The standard InChI is InChI=1S/C19H19N3O7S2/c1-30(26,27)15-7-2-3-8-16(15)31(28,29)20-12-5-4-6-14(11-12)22-18(24)17(23)21(19(22)25)13-9-10-13/h2-8,11,13,20,23-24H,9-10H2,1H3. The molecule has 0 radical (unpaired) electrons. The Bertz CT molecular complexity index is 1450. The fraction of sp³-hybridized carbons (Fsp3) is 0.211. The minimum absolute atomic E-state index is 0.0331. The third-order valence-electron chi connectivity index (χ3n) is 4.84. The first kappa shape index (κ1) is 21.0. The highest BCUT2D eigenvalue weighted by atomic mass is 32.2. The fourth-order valence-corrected chi connectivity index (χ4v) is 5.97. The van der Waals surface area contributed by atoms with E-state index >= 15 is 0 Å². The normalized spacial score (nSPS) is 14.5. The zero-order chi connectivity index (χ0) is 22.6. The Morgan fingerprint density at radius 1 is 0.935 bits per heavy atom. The number of hydrogen-bond donors (Lipinski definition) is 3. The van der Waals surface area contributed by atoms with Crippen LogP contribution in [0.2, 0.25) is 0 Å². The molecule has 164 valence electrons. The number of sulfone groups is 1. The molecule has 1 aliphatic carbocycles. The van der Waals surface area contributed by atoms with Gasteiger partial charge in [-0.05, 0) is 43.2 Å². The lowest BCUT2D eigenvalue weighted by Crippen LogP contribution is -2.22. The van der Waals surface area contributed by atoms with Crippen molar-refractivity contribution in [2.45, 2.75) is 28.7 Å². The van der Waals surface area contributed by atoms with Gasteiger partial charge in [-0.1, -0.05) is 18.2 Å². The molecule has 0 amide bonds. The van der Waals surface area contributed by atoms with Crippen molar-refractivity contribution >= 4 is 25.5 Å². The monoisotopic (exact) mass is 465 g/mol. The second kappa shape index (κ2) is 7.17. The van der Waals surface area contributed by atoms with Gasteiger partial charge < -0.3 is 10.2 Å². The van der Waals surface area contributed by atoms with E-state index in [-0.39, 0.29) is 22.3 Å². The van der Waals surface area contributed by atoms with Gasteiger partial charge in [0.05, 0.1) is 16.3 Å². The largest absolute Gasteiger partial charge is 0.491 e. The summed E-state index contributed by atoms with van der Waals surface area (Å²) >= 11 is 0. The number of anilines is 1. The van der Waals surface area contributed by atoms with Crippen molar-refractivity contribution in [2.75, 3.05) is 11.0 Å². The van der Waals surface area contributed by atoms with Crippen molar-refractivity contribution < 1.29 is 27.0 Å². The van der Waals surface area contributed by atoms with Gasteiger partial charge in [-0.15, -0.1) is 0 Å². The highest BCUT2D eigenvalue weighted by molar-refractivity contribution is 7.95. The summed E-state index contributed by atoms with van der Waals surface area (Å²) < 4.78 is 53.9. The number of nitrogens with zero attached hydrogens (tertiary/aromatic N) is 2. The average Bonchev–Trinajstić information content (AvgIpc) is 3.49. The minimum atomic E-state index is -4.29. The molecular formula is C19H19N3O7S2. The number of imidazole rings is 1. The second-order valence-electron chi connectivity index (χ2n) is 7.24. The van der Waals surface area contributed by atoms with Crippen molar-refractivity contribution in [2.24, 2.45) is 0 Å². The molecule has 0 saturated heterocycles. The lowest BCUT2D eigenvalue weighted by Gasteiger charge is -2.12. The number of benzene rings is 2. The third-order valence-corrected chi connectivity index (χ3v) is 7.57. The molecule has 1 heterocycles. The molecule has 4 rings (SSSR count). The highest BCUT2D eigenvalue weighted by Gasteiger charge is 2.32. The Labute approximate surface area is 178 Å². The number of sulfonamides is 1. The Kier molecular flexibility index (Phi) is 4.85. The topological polar surface area (TPSA) is 148 Å². The van der Waals surface area contributed by atoms with Crippen LogP contribution < -0.4 is 10.4 Å². The van der Waals surface area contributed by atoms with Crippen LogP contribution in [0.4, 0.5) is 5.69 Å². The molecule has 0 aliphatic heterocycles. The van der Waals surface area contributed by atoms with Crippen LogP contribution in [0.3, 0.4) is 0 Å². The molecule has 1 saturated carbocycles. The quantitative estimate of drug-likeness (QED) is 0.501. The number of nitrogens with one attached hydrogen (secondary N) is 1. The van der Waals surface area contributed by atoms with Crippen LogP contribution >= 0.6 is 0 Å². The smallest absolute Gasteiger partial charge is 0.338 e. The van der Waals surface area contributed by atoms with E-state index in [1.54, 1.807) is 0 Å². The molecule has 0 spiro atoms. The van der Waals surface area contributed by atoms with Crippen molar-refractivity contribution in [3.63, 3.8) is 0 Å². The molecule has 0 bridgehead atoms. The lowest BCUT2D eigenvalue weighted by atomic mass is 10.3. The zero-order valence-corrected chi connectivity index (χ0v) is 17.9. The maximum Gasteiger partial charge on any atom is 0.338 e. The van der Waals surface area contributed by atoms with Gasteiger partial charge in [-0.3, -0.25) is 9.29 Å². The summed E-state index contributed by atoms with van der Waals surface area (Å²) in [4.78, 5) is 11.9. The summed E-state index contributed by atoms with van der Waals surface area (Å²) in [5, 5.41) is 20.3. The van der Waals surface area contributed by atoms with E-state index < -0.39 is 42.2 Å². The maximum atomic E-state index is 12.9. The summed E-state index contributed by atoms with van der Waals surface area (Å²) in [6.45, 7) is 0. The molecule has 1 aliphatic rings. The van der Waals surface area contributed by atoms with Crippen LogP contribution in [-0.4, -0.2) is 42.4 Å². The van der Waals surface area contributed by atoms with Gasteiger partial charge in [-0.2, -0.15) is 0 Å². The van der Waals surface area contributed by atoms with Crippen LogP contribution in [-0.2, 0) is 19.9 Å². The van der Waals surface area contributed by atoms with E-state index in [1.807, 2.05) is 0 Å². The van der Waals surface area contributed by atoms with Gasteiger partial charge in [0.25, 0.3) is 21.8 Å². The molecule has 10 nitrogen and oxygen atoms in total. The van der Waals surface area contributed by atoms with Gasteiger partial charge >= 0.3 is 5.69 Å². The van der Waals surface area contributed by atoms with Crippen LogP contribution in [0.1, 0.15) is 18.9 Å². The first-order chi connectivity index (χ1) is 14.5. The highest BCUT2D eigenvalue weighted by Crippen LogP contribution is 2.40. The predicted octanol–water partition coefficient (Wildman–Crippen LogP) is 1.59. The van der Waals surface area contributed by atoms with Gasteiger partial charge in [0.2, 0.25) is 0 Å². The molecule has 31 heavy (non-hydrogen) atoms. The Balaban J connectivity index is 1.75. The van der Waals surface area contributed by atoms with Crippen molar-refractivity contribution in [1.29, 1.82) is 0 Å². The van der Waals surface area contributed by atoms with Crippen LogP contribution in [0.5, 0.6) is 11.8 Å².